The lowest BCUT2D eigenvalue weighted by Crippen LogP contribution is -2.63. The highest BCUT2D eigenvalue weighted by Gasteiger charge is 2.56. The molecule has 3 saturated heterocycles. The third-order valence-electron chi connectivity index (χ3n) is 8.75. The first-order chi connectivity index (χ1) is 20.3. The van der Waals surface area contributed by atoms with Crippen LogP contribution >= 0.6 is 0 Å². The number of carbonyl (C=O) groups is 1. The highest BCUT2D eigenvalue weighted by Crippen LogP contribution is 2.57. The smallest absolute Gasteiger partial charge is 0.310 e. The van der Waals surface area contributed by atoms with Crippen molar-refractivity contribution in [2.45, 2.75) is 55.9 Å². The van der Waals surface area contributed by atoms with Gasteiger partial charge in [-0.3, -0.25) is 4.79 Å². The predicted molar refractivity (Wildman–Crippen MR) is 138 cm³/mol. The average molecular weight is 589 g/mol. The molecule has 0 saturated carbocycles. The fourth-order valence-electron chi connectivity index (χ4n) is 6.74. The average Bonchev–Trinajstić information content (AvgIpc) is 3.61. The second kappa shape index (κ2) is 10.4. The van der Waals surface area contributed by atoms with Crippen LogP contribution in [-0.2, 0) is 28.5 Å². The van der Waals surface area contributed by atoms with E-state index in [1.165, 1.54) is 14.2 Å². The van der Waals surface area contributed by atoms with E-state index in [1.54, 1.807) is 31.2 Å². The van der Waals surface area contributed by atoms with Crippen LogP contribution in [0.25, 0.3) is 0 Å². The summed E-state index contributed by atoms with van der Waals surface area (Å²) in [5.41, 5.74) is 2.01. The molecule has 3 fully saturated rings. The summed E-state index contributed by atoms with van der Waals surface area (Å²) in [7, 11) is 2.86. The zero-order valence-electron chi connectivity index (χ0n) is 23.1. The summed E-state index contributed by atoms with van der Waals surface area (Å²) in [6, 6.07) is 6.93. The van der Waals surface area contributed by atoms with Gasteiger partial charge in [0.15, 0.2) is 35.6 Å². The number of fused-ring (bicyclic) bond motifs is 4. The zero-order chi connectivity index (χ0) is 29.3. The third kappa shape index (κ3) is 4.26. The van der Waals surface area contributed by atoms with Crippen molar-refractivity contribution in [3.05, 3.63) is 41.0 Å². The van der Waals surface area contributed by atoms with E-state index >= 15 is 0 Å². The Kier molecular flexibility index (Phi) is 6.83. The number of ether oxygens (including phenoxy) is 9. The van der Waals surface area contributed by atoms with Crippen LogP contribution in [0.1, 0.15) is 35.6 Å². The van der Waals surface area contributed by atoms with E-state index in [0.29, 0.717) is 28.2 Å². The molecule has 0 bridgehead atoms. The molecule has 2 aromatic carbocycles. The van der Waals surface area contributed by atoms with Gasteiger partial charge in [-0.15, -0.1) is 0 Å². The van der Waals surface area contributed by atoms with Gasteiger partial charge in [-0.2, -0.15) is 0 Å². The summed E-state index contributed by atoms with van der Waals surface area (Å²) < 4.78 is 51.5. The number of aromatic hydroxyl groups is 1. The van der Waals surface area contributed by atoms with E-state index < -0.39 is 66.8 Å². The quantitative estimate of drug-likeness (QED) is 0.430. The fraction of sp³-hybridized carbons (Fsp3) is 0.552. The monoisotopic (exact) mass is 588 g/mol. The molecule has 0 radical (unpaired) electrons. The zero-order valence-corrected chi connectivity index (χ0v) is 23.1. The molecule has 3 N–H and O–H groups in total. The standard InChI is InChI=1S/C29H32O13/c1-11-36-9-20-27(40-11)24(31)25(32)29(41-20)42-26-14-7-17-16(38-10-39-17)6-13(14)21(22-15(26)8-37-28(22)33)12-4-18(34-2)23(30)19(5-12)35-3/h4-7,11,15,20-22,24-27,29-32H,8-10H2,1-3H3/t11-,15-,20+,21+,22-,24+,25+,26+,27+,29+/m0/s1. The summed E-state index contributed by atoms with van der Waals surface area (Å²) in [6.45, 7) is 1.93. The van der Waals surface area contributed by atoms with Crippen molar-refractivity contribution in [1.29, 1.82) is 0 Å². The van der Waals surface area contributed by atoms with Crippen molar-refractivity contribution >= 4 is 5.97 Å². The van der Waals surface area contributed by atoms with E-state index in [0.717, 1.165) is 0 Å². The number of hydrogen-bond donors (Lipinski definition) is 3. The van der Waals surface area contributed by atoms with E-state index in [4.69, 9.17) is 42.6 Å². The fourth-order valence-corrected chi connectivity index (χ4v) is 6.74. The normalized spacial score (nSPS) is 36.5. The van der Waals surface area contributed by atoms with Gasteiger partial charge in [0.25, 0.3) is 0 Å². The number of benzene rings is 2. The maximum atomic E-state index is 13.4. The Morgan fingerprint density at radius 3 is 2.26 bits per heavy atom. The van der Waals surface area contributed by atoms with Crippen molar-refractivity contribution in [2.75, 3.05) is 34.2 Å². The summed E-state index contributed by atoms with van der Waals surface area (Å²) in [5, 5.41) is 32.5. The molecular formula is C29H32O13. The van der Waals surface area contributed by atoms with Crippen molar-refractivity contribution in [3.8, 4) is 28.7 Å². The lowest BCUT2D eigenvalue weighted by atomic mass is 9.66. The molecule has 4 aliphatic heterocycles. The van der Waals surface area contributed by atoms with E-state index in [-0.39, 0.29) is 37.3 Å². The van der Waals surface area contributed by atoms with Gasteiger partial charge in [-0.1, -0.05) is 0 Å². The molecule has 42 heavy (non-hydrogen) atoms. The number of methoxy groups -OCH3 is 2. The van der Waals surface area contributed by atoms with Gasteiger partial charge in [0.2, 0.25) is 12.5 Å². The Morgan fingerprint density at radius 2 is 1.57 bits per heavy atom. The molecule has 10 atom stereocenters. The first-order valence-electron chi connectivity index (χ1n) is 13.8. The Hall–Kier alpha value is -3.33. The molecule has 7 rings (SSSR count). The van der Waals surface area contributed by atoms with Gasteiger partial charge in [-0.25, -0.2) is 0 Å². The number of phenolic OH excluding ortho intramolecular Hbond substituents is 1. The molecule has 0 spiro atoms. The van der Waals surface area contributed by atoms with Crippen LogP contribution in [0.3, 0.4) is 0 Å². The molecule has 0 unspecified atom stereocenters. The van der Waals surface area contributed by atoms with Crippen LogP contribution in [0.2, 0.25) is 0 Å². The first-order valence-corrected chi connectivity index (χ1v) is 13.8. The first kappa shape index (κ1) is 27.5. The van der Waals surface area contributed by atoms with Crippen LogP contribution in [-0.4, -0.2) is 92.5 Å². The number of phenols is 1. The van der Waals surface area contributed by atoms with Gasteiger partial charge >= 0.3 is 5.97 Å². The number of rotatable bonds is 5. The molecule has 226 valence electrons. The predicted octanol–water partition coefficient (Wildman–Crippen LogP) is 1.34. The van der Waals surface area contributed by atoms with Gasteiger partial charge < -0.3 is 58.0 Å². The highest BCUT2D eigenvalue weighted by molar-refractivity contribution is 5.79. The molecular weight excluding hydrogens is 556 g/mol. The summed E-state index contributed by atoms with van der Waals surface area (Å²) in [6.07, 6.45) is -6.80. The Labute approximate surface area is 240 Å². The Bertz CT molecular complexity index is 1350. The minimum absolute atomic E-state index is 0.0301. The van der Waals surface area contributed by atoms with E-state index in [9.17, 15) is 20.1 Å². The SMILES string of the molecule is COc1cc([C@@H]2c3cc4c(cc3[C@@H](O[C@H]3O[C@@H]5CO[C@H](C)O[C@H]5[C@H](O)[C@H]3O)[C@H]3COC(=O)[C@H]23)OCO4)cc(OC)c1O. The van der Waals surface area contributed by atoms with Gasteiger partial charge in [0, 0.05) is 11.8 Å². The molecule has 1 aliphatic carbocycles. The molecule has 2 aromatic rings. The molecule has 13 nitrogen and oxygen atoms in total. The van der Waals surface area contributed by atoms with Crippen LogP contribution < -0.4 is 18.9 Å². The van der Waals surface area contributed by atoms with Crippen LogP contribution in [0.5, 0.6) is 28.7 Å². The minimum atomic E-state index is -1.44. The van der Waals surface area contributed by atoms with Crippen LogP contribution in [0.4, 0.5) is 0 Å². The molecule has 0 aromatic heterocycles. The van der Waals surface area contributed by atoms with Crippen molar-refractivity contribution in [1.82, 2.24) is 0 Å². The molecule has 0 amide bonds. The van der Waals surface area contributed by atoms with Crippen molar-refractivity contribution < 1.29 is 62.7 Å². The van der Waals surface area contributed by atoms with Gasteiger partial charge in [0.1, 0.15) is 24.4 Å². The number of esters is 1. The molecule has 13 heteroatoms. The summed E-state index contributed by atoms with van der Waals surface area (Å²) in [5.74, 6) is -1.02. The number of cyclic esters (lactones) is 1. The molecule has 4 heterocycles. The van der Waals surface area contributed by atoms with Crippen LogP contribution in [0, 0.1) is 11.8 Å². The Morgan fingerprint density at radius 1 is 0.881 bits per heavy atom. The van der Waals surface area contributed by atoms with E-state index in [1.807, 2.05) is 0 Å². The van der Waals surface area contributed by atoms with E-state index in [2.05, 4.69) is 0 Å². The summed E-state index contributed by atoms with van der Waals surface area (Å²) >= 11 is 0. The number of hydrogen-bond acceptors (Lipinski definition) is 13. The maximum Gasteiger partial charge on any atom is 0.310 e. The topological polar surface area (TPSA) is 161 Å². The number of aliphatic hydroxyl groups is 2. The van der Waals surface area contributed by atoms with Crippen LogP contribution in [0.15, 0.2) is 24.3 Å². The largest absolute Gasteiger partial charge is 0.502 e. The lowest BCUT2D eigenvalue weighted by molar-refractivity contribution is -0.364. The maximum absolute atomic E-state index is 13.4. The second-order valence-electron chi connectivity index (χ2n) is 11.0. The minimum Gasteiger partial charge on any atom is -0.502 e. The van der Waals surface area contributed by atoms with Gasteiger partial charge in [0.05, 0.1) is 39.5 Å². The van der Waals surface area contributed by atoms with Crippen molar-refractivity contribution in [3.63, 3.8) is 0 Å². The van der Waals surface area contributed by atoms with Crippen molar-refractivity contribution in [2.24, 2.45) is 11.8 Å². The summed E-state index contributed by atoms with van der Waals surface area (Å²) in [4.78, 5) is 13.4. The number of aliphatic hydroxyl groups excluding tert-OH is 2. The van der Waals surface area contributed by atoms with Gasteiger partial charge in [-0.05, 0) is 47.9 Å². The molecule has 5 aliphatic rings. The number of carbonyl (C=O) groups excluding carboxylic acids is 1. The highest BCUT2D eigenvalue weighted by atomic mass is 16.8. The lowest BCUT2D eigenvalue weighted by Gasteiger charge is -2.47. The third-order valence-corrected chi connectivity index (χ3v) is 8.75. The Balaban J connectivity index is 1.32. The second-order valence-corrected chi connectivity index (χ2v) is 11.0.